The molecule has 3 atom stereocenters. The Bertz CT molecular complexity index is 538. The minimum atomic E-state index is -0.436. The van der Waals surface area contributed by atoms with Gasteiger partial charge < -0.3 is 19.7 Å². The summed E-state index contributed by atoms with van der Waals surface area (Å²) in [7, 11) is 1.42. The van der Waals surface area contributed by atoms with Crippen molar-refractivity contribution in [1.29, 1.82) is 0 Å². The van der Waals surface area contributed by atoms with Crippen molar-refractivity contribution in [2.24, 2.45) is 0 Å². The molecule has 1 aliphatic heterocycles. The van der Waals surface area contributed by atoms with Crippen molar-refractivity contribution in [3.05, 3.63) is 29.6 Å². The summed E-state index contributed by atoms with van der Waals surface area (Å²) in [5.41, 5.74) is 0.695. The molecule has 5 nitrogen and oxygen atoms in total. The zero-order valence-corrected chi connectivity index (χ0v) is 13.4. The Labute approximate surface area is 130 Å². The molecule has 0 radical (unpaired) electrons. The number of morpholine rings is 1. The van der Waals surface area contributed by atoms with Gasteiger partial charge in [0.15, 0.2) is 11.6 Å². The van der Waals surface area contributed by atoms with E-state index in [-0.39, 0.29) is 30.0 Å². The highest BCUT2D eigenvalue weighted by Crippen LogP contribution is 2.22. The predicted molar refractivity (Wildman–Crippen MR) is 81.5 cm³/mol. The van der Waals surface area contributed by atoms with E-state index in [1.165, 1.54) is 13.2 Å². The SMILES string of the molecule is COc1ccc(C(C)NC(=O)N2CCOC(C)C2C)cc1F. The standard InChI is InChI=1S/C16H23FN2O3/c1-10(13-5-6-15(21-4)14(17)9-13)18-16(20)19-7-8-22-12(3)11(19)2/h5-6,9-12H,7-8H2,1-4H3,(H,18,20). The van der Waals surface area contributed by atoms with Gasteiger partial charge in [0.25, 0.3) is 0 Å². The summed E-state index contributed by atoms with van der Waals surface area (Å²) >= 11 is 0. The van der Waals surface area contributed by atoms with E-state index in [0.717, 1.165) is 0 Å². The number of methoxy groups -OCH3 is 1. The Morgan fingerprint density at radius 3 is 2.86 bits per heavy atom. The minimum Gasteiger partial charge on any atom is -0.494 e. The van der Waals surface area contributed by atoms with Gasteiger partial charge in [-0.1, -0.05) is 6.07 Å². The first-order valence-corrected chi connectivity index (χ1v) is 7.46. The van der Waals surface area contributed by atoms with E-state index in [1.54, 1.807) is 17.0 Å². The van der Waals surface area contributed by atoms with E-state index in [0.29, 0.717) is 18.7 Å². The lowest BCUT2D eigenvalue weighted by atomic mass is 10.1. The van der Waals surface area contributed by atoms with Gasteiger partial charge in [-0.25, -0.2) is 9.18 Å². The number of amides is 2. The maximum Gasteiger partial charge on any atom is 0.318 e. The monoisotopic (exact) mass is 310 g/mol. The fourth-order valence-corrected chi connectivity index (χ4v) is 2.52. The van der Waals surface area contributed by atoms with Gasteiger partial charge in [0, 0.05) is 6.54 Å². The van der Waals surface area contributed by atoms with Gasteiger partial charge in [0.1, 0.15) is 0 Å². The average molecular weight is 310 g/mol. The molecule has 0 spiro atoms. The lowest BCUT2D eigenvalue weighted by Gasteiger charge is -2.38. The highest BCUT2D eigenvalue weighted by Gasteiger charge is 2.29. The molecule has 1 aromatic carbocycles. The minimum absolute atomic E-state index is 0.00763. The van der Waals surface area contributed by atoms with E-state index in [4.69, 9.17) is 9.47 Å². The van der Waals surface area contributed by atoms with Crippen LogP contribution in [0.5, 0.6) is 5.75 Å². The van der Waals surface area contributed by atoms with E-state index in [2.05, 4.69) is 5.32 Å². The van der Waals surface area contributed by atoms with Crippen LogP contribution in [0.2, 0.25) is 0 Å². The van der Waals surface area contributed by atoms with Crippen LogP contribution >= 0.6 is 0 Å². The fourth-order valence-electron chi connectivity index (χ4n) is 2.52. The van der Waals surface area contributed by atoms with E-state index in [1.807, 2.05) is 20.8 Å². The number of carbonyl (C=O) groups excluding carboxylic acids is 1. The molecule has 1 fully saturated rings. The number of benzene rings is 1. The molecule has 1 N–H and O–H groups in total. The summed E-state index contributed by atoms with van der Waals surface area (Å²) < 4.78 is 24.2. The Kier molecular flexibility index (Phi) is 5.24. The number of urea groups is 1. The normalized spacial score (nSPS) is 23.0. The molecule has 0 saturated carbocycles. The van der Waals surface area contributed by atoms with E-state index < -0.39 is 5.82 Å². The number of nitrogens with zero attached hydrogens (tertiary/aromatic N) is 1. The Morgan fingerprint density at radius 2 is 2.23 bits per heavy atom. The predicted octanol–water partition coefficient (Wildman–Crippen LogP) is 2.71. The summed E-state index contributed by atoms with van der Waals surface area (Å²) in [5.74, 6) is -0.243. The Hall–Kier alpha value is -1.82. The maximum atomic E-state index is 13.8. The number of hydrogen-bond acceptors (Lipinski definition) is 3. The van der Waals surface area contributed by atoms with Crippen LogP contribution in [-0.4, -0.2) is 43.3 Å². The first-order valence-electron chi connectivity index (χ1n) is 7.46. The number of halogens is 1. The number of carbonyl (C=O) groups is 1. The average Bonchev–Trinajstić information content (AvgIpc) is 2.49. The molecule has 1 aromatic rings. The zero-order chi connectivity index (χ0) is 16.3. The summed E-state index contributed by atoms with van der Waals surface area (Å²) in [6, 6.07) is 4.25. The van der Waals surface area contributed by atoms with Gasteiger partial charge in [-0.2, -0.15) is 0 Å². The van der Waals surface area contributed by atoms with E-state index >= 15 is 0 Å². The molecule has 2 rings (SSSR count). The summed E-state index contributed by atoms with van der Waals surface area (Å²) in [4.78, 5) is 14.1. The molecule has 3 unspecified atom stereocenters. The second-order valence-corrected chi connectivity index (χ2v) is 5.58. The molecule has 2 amide bonds. The third-order valence-electron chi connectivity index (χ3n) is 4.16. The number of hydrogen-bond donors (Lipinski definition) is 1. The lowest BCUT2D eigenvalue weighted by Crippen LogP contribution is -2.54. The largest absolute Gasteiger partial charge is 0.494 e. The smallest absolute Gasteiger partial charge is 0.318 e. The number of ether oxygens (including phenoxy) is 2. The van der Waals surface area contributed by atoms with Crippen molar-refractivity contribution in [2.45, 2.75) is 39.0 Å². The van der Waals surface area contributed by atoms with Gasteiger partial charge in [-0.3, -0.25) is 0 Å². The summed E-state index contributed by atoms with van der Waals surface area (Å²) in [5, 5.41) is 2.91. The van der Waals surface area contributed by atoms with Gasteiger partial charge in [0.05, 0.1) is 31.9 Å². The quantitative estimate of drug-likeness (QED) is 0.934. The van der Waals surface area contributed by atoms with Crippen molar-refractivity contribution in [3.8, 4) is 5.75 Å². The van der Waals surface area contributed by atoms with Crippen LogP contribution in [0.15, 0.2) is 18.2 Å². The van der Waals surface area contributed by atoms with Crippen LogP contribution in [0.25, 0.3) is 0 Å². The number of rotatable bonds is 3. The summed E-state index contributed by atoms with van der Waals surface area (Å²) in [6.45, 7) is 6.83. The first-order chi connectivity index (χ1) is 10.4. The Morgan fingerprint density at radius 1 is 1.50 bits per heavy atom. The van der Waals surface area contributed by atoms with Crippen LogP contribution in [0.4, 0.5) is 9.18 Å². The van der Waals surface area contributed by atoms with Gasteiger partial charge >= 0.3 is 6.03 Å². The van der Waals surface area contributed by atoms with Crippen molar-refractivity contribution in [1.82, 2.24) is 10.2 Å². The van der Waals surface area contributed by atoms with Crippen LogP contribution in [0.3, 0.4) is 0 Å². The molecule has 6 heteroatoms. The highest BCUT2D eigenvalue weighted by molar-refractivity contribution is 5.75. The fraction of sp³-hybridized carbons (Fsp3) is 0.562. The third kappa shape index (κ3) is 3.50. The molecular formula is C16H23FN2O3. The first kappa shape index (κ1) is 16.5. The second kappa shape index (κ2) is 6.96. The van der Waals surface area contributed by atoms with Crippen LogP contribution in [0.1, 0.15) is 32.4 Å². The van der Waals surface area contributed by atoms with Gasteiger partial charge in [0.2, 0.25) is 0 Å². The molecule has 0 aromatic heterocycles. The summed E-state index contributed by atoms with van der Waals surface area (Å²) in [6.07, 6.45) is 0.00763. The molecule has 1 saturated heterocycles. The molecule has 0 bridgehead atoms. The number of nitrogens with one attached hydrogen (secondary N) is 1. The molecular weight excluding hydrogens is 287 g/mol. The van der Waals surface area contributed by atoms with Crippen molar-refractivity contribution in [3.63, 3.8) is 0 Å². The molecule has 1 aliphatic rings. The third-order valence-corrected chi connectivity index (χ3v) is 4.16. The highest BCUT2D eigenvalue weighted by atomic mass is 19.1. The molecule has 22 heavy (non-hydrogen) atoms. The lowest BCUT2D eigenvalue weighted by molar-refractivity contribution is -0.0379. The van der Waals surface area contributed by atoms with E-state index in [9.17, 15) is 9.18 Å². The van der Waals surface area contributed by atoms with Gasteiger partial charge in [-0.15, -0.1) is 0 Å². The topological polar surface area (TPSA) is 50.8 Å². The zero-order valence-electron chi connectivity index (χ0n) is 13.4. The van der Waals surface area contributed by atoms with Crippen molar-refractivity contribution in [2.75, 3.05) is 20.3 Å². The maximum absolute atomic E-state index is 13.8. The molecule has 0 aliphatic carbocycles. The second-order valence-electron chi connectivity index (χ2n) is 5.58. The van der Waals surface area contributed by atoms with Crippen LogP contribution in [-0.2, 0) is 4.74 Å². The van der Waals surface area contributed by atoms with Crippen molar-refractivity contribution >= 4 is 6.03 Å². The molecule has 122 valence electrons. The molecule has 1 heterocycles. The van der Waals surface area contributed by atoms with Crippen LogP contribution < -0.4 is 10.1 Å². The van der Waals surface area contributed by atoms with Crippen molar-refractivity contribution < 1.29 is 18.7 Å². The van der Waals surface area contributed by atoms with Gasteiger partial charge in [-0.05, 0) is 38.5 Å². The van der Waals surface area contributed by atoms with Crippen LogP contribution in [0, 0.1) is 5.82 Å². The Balaban J connectivity index is 2.03.